The van der Waals surface area contributed by atoms with Gasteiger partial charge in [-0.05, 0) is 56.4 Å². The molecule has 1 aromatic rings. The molecule has 0 spiro atoms. The number of nitrogens with zero attached hydrogens (tertiary/aromatic N) is 2. The number of benzene rings is 1. The minimum atomic E-state index is 0.390. The van der Waals surface area contributed by atoms with Crippen LogP contribution in [0.2, 0.25) is 0 Å². The normalized spacial score (nSPS) is 22.8. The highest BCUT2D eigenvalue weighted by atomic mass is 15.2. The van der Waals surface area contributed by atoms with E-state index in [2.05, 4.69) is 30.0 Å². The quantitative estimate of drug-likeness (QED) is 0.902. The molecule has 0 unspecified atom stereocenters. The van der Waals surface area contributed by atoms with Crippen LogP contribution in [0, 0.1) is 11.3 Å². The summed E-state index contributed by atoms with van der Waals surface area (Å²) in [4.78, 5) is 2.49. The van der Waals surface area contributed by atoms with Gasteiger partial charge in [-0.2, -0.15) is 5.26 Å². The number of nitrogens with two attached hydrogens (primary N) is 1. The van der Waals surface area contributed by atoms with Gasteiger partial charge in [0.15, 0.2) is 0 Å². The van der Waals surface area contributed by atoms with Crippen molar-refractivity contribution in [3.63, 3.8) is 0 Å². The van der Waals surface area contributed by atoms with E-state index in [1.807, 2.05) is 12.1 Å². The SMILES string of the molecule is CCCN(c1ccc(C#N)cc1)C1CCC(N)CC1. The summed E-state index contributed by atoms with van der Waals surface area (Å²) in [6.07, 6.45) is 5.76. The number of rotatable bonds is 4. The number of hydrogen-bond donors (Lipinski definition) is 1. The fraction of sp³-hybridized carbons (Fsp3) is 0.562. The molecule has 3 heteroatoms. The van der Waals surface area contributed by atoms with E-state index >= 15 is 0 Å². The van der Waals surface area contributed by atoms with E-state index in [4.69, 9.17) is 11.0 Å². The molecule has 0 bridgehead atoms. The van der Waals surface area contributed by atoms with Gasteiger partial charge in [-0.1, -0.05) is 6.92 Å². The van der Waals surface area contributed by atoms with E-state index in [0.29, 0.717) is 12.1 Å². The van der Waals surface area contributed by atoms with Gasteiger partial charge in [0.05, 0.1) is 11.6 Å². The van der Waals surface area contributed by atoms with Crippen molar-refractivity contribution in [2.75, 3.05) is 11.4 Å². The van der Waals surface area contributed by atoms with Crippen LogP contribution >= 0.6 is 0 Å². The first kappa shape index (κ1) is 13.9. The molecular weight excluding hydrogens is 234 g/mol. The van der Waals surface area contributed by atoms with Crippen LogP contribution < -0.4 is 10.6 Å². The molecule has 0 heterocycles. The van der Waals surface area contributed by atoms with Crippen molar-refractivity contribution < 1.29 is 0 Å². The highest BCUT2D eigenvalue weighted by molar-refractivity contribution is 5.50. The summed E-state index contributed by atoms with van der Waals surface area (Å²) < 4.78 is 0. The molecule has 3 nitrogen and oxygen atoms in total. The van der Waals surface area contributed by atoms with Gasteiger partial charge in [-0.15, -0.1) is 0 Å². The van der Waals surface area contributed by atoms with Crippen LogP contribution in [-0.4, -0.2) is 18.6 Å². The van der Waals surface area contributed by atoms with Crippen LogP contribution in [0.4, 0.5) is 5.69 Å². The fourth-order valence-electron chi connectivity index (χ4n) is 2.90. The fourth-order valence-corrected chi connectivity index (χ4v) is 2.90. The summed E-state index contributed by atoms with van der Waals surface area (Å²) >= 11 is 0. The predicted octanol–water partition coefficient (Wildman–Crippen LogP) is 3.04. The maximum atomic E-state index is 8.87. The molecule has 0 aliphatic heterocycles. The number of anilines is 1. The van der Waals surface area contributed by atoms with Crippen LogP contribution in [0.3, 0.4) is 0 Å². The second-order valence-corrected chi connectivity index (χ2v) is 5.42. The van der Waals surface area contributed by atoms with E-state index in [0.717, 1.165) is 31.4 Å². The Balaban J connectivity index is 2.12. The molecule has 0 radical (unpaired) electrons. The Morgan fingerprint density at radius 1 is 1.21 bits per heavy atom. The van der Waals surface area contributed by atoms with E-state index in [9.17, 15) is 0 Å². The summed E-state index contributed by atoms with van der Waals surface area (Å²) in [5.41, 5.74) is 7.96. The van der Waals surface area contributed by atoms with E-state index in [1.54, 1.807) is 0 Å². The average Bonchev–Trinajstić information content (AvgIpc) is 2.46. The molecule has 0 aromatic heterocycles. The zero-order chi connectivity index (χ0) is 13.7. The van der Waals surface area contributed by atoms with Gasteiger partial charge < -0.3 is 10.6 Å². The molecule has 1 aromatic carbocycles. The van der Waals surface area contributed by atoms with Crippen molar-refractivity contribution in [1.29, 1.82) is 5.26 Å². The van der Waals surface area contributed by atoms with Gasteiger partial charge in [0.25, 0.3) is 0 Å². The van der Waals surface area contributed by atoms with Crippen LogP contribution in [0.15, 0.2) is 24.3 Å². The summed E-state index contributed by atoms with van der Waals surface area (Å²) in [5, 5.41) is 8.87. The van der Waals surface area contributed by atoms with Crippen LogP contribution in [0.25, 0.3) is 0 Å². The van der Waals surface area contributed by atoms with Crippen molar-refractivity contribution in [2.24, 2.45) is 5.73 Å². The Bertz CT molecular complexity index is 424. The van der Waals surface area contributed by atoms with Crippen LogP contribution in [-0.2, 0) is 0 Å². The summed E-state index contributed by atoms with van der Waals surface area (Å²) in [7, 11) is 0. The van der Waals surface area contributed by atoms with Gasteiger partial charge in [0.1, 0.15) is 0 Å². The average molecular weight is 257 g/mol. The minimum absolute atomic E-state index is 0.390. The Kier molecular flexibility index (Phi) is 4.81. The lowest BCUT2D eigenvalue weighted by Gasteiger charge is -2.37. The van der Waals surface area contributed by atoms with Crippen molar-refractivity contribution in [3.05, 3.63) is 29.8 Å². The van der Waals surface area contributed by atoms with Crippen molar-refractivity contribution in [3.8, 4) is 6.07 Å². The Morgan fingerprint density at radius 2 is 1.84 bits per heavy atom. The van der Waals surface area contributed by atoms with Crippen LogP contribution in [0.1, 0.15) is 44.6 Å². The molecule has 1 aliphatic rings. The molecule has 0 amide bonds. The molecule has 1 saturated carbocycles. The van der Waals surface area contributed by atoms with Gasteiger partial charge in [-0.3, -0.25) is 0 Å². The van der Waals surface area contributed by atoms with E-state index in [1.165, 1.54) is 18.5 Å². The lowest BCUT2D eigenvalue weighted by Crippen LogP contribution is -2.41. The summed E-state index contributed by atoms with van der Waals surface area (Å²) in [6, 6.07) is 11.1. The summed E-state index contributed by atoms with van der Waals surface area (Å²) in [6.45, 7) is 3.29. The highest BCUT2D eigenvalue weighted by Gasteiger charge is 2.23. The first-order chi connectivity index (χ1) is 9.24. The molecule has 19 heavy (non-hydrogen) atoms. The Labute approximate surface area is 116 Å². The maximum Gasteiger partial charge on any atom is 0.0991 e. The molecule has 1 aliphatic carbocycles. The van der Waals surface area contributed by atoms with Gasteiger partial charge in [0.2, 0.25) is 0 Å². The first-order valence-electron chi connectivity index (χ1n) is 7.27. The lowest BCUT2D eigenvalue weighted by molar-refractivity contribution is 0.375. The number of hydrogen-bond acceptors (Lipinski definition) is 3. The molecular formula is C16H23N3. The lowest BCUT2D eigenvalue weighted by atomic mass is 9.90. The minimum Gasteiger partial charge on any atom is -0.369 e. The third kappa shape index (κ3) is 3.48. The second kappa shape index (κ2) is 6.58. The third-order valence-corrected chi connectivity index (χ3v) is 3.97. The molecule has 2 rings (SSSR count). The topological polar surface area (TPSA) is 53.0 Å². The number of nitriles is 1. The van der Waals surface area contributed by atoms with Gasteiger partial charge in [-0.25, -0.2) is 0 Å². The maximum absolute atomic E-state index is 8.87. The van der Waals surface area contributed by atoms with E-state index < -0.39 is 0 Å². The smallest absolute Gasteiger partial charge is 0.0991 e. The predicted molar refractivity (Wildman–Crippen MR) is 79.0 cm³/mol. The molecule has 102 valence electrons. The largest absolute Gasteiger partial charge is 0.369 e. The highest BCUT2D eigenvalue weighted by Crippen LogP contribution is 2.27. The van der Waals surface area contributed by atoms with Gasteiger partial charge >= 0.3 is 0 Å². The summed E-state index contributed by atoms with van der Waals surface area (Å²) in [5.74, 6) is 0. The second-order valence-electron chi connectivity index (χ2n) is 5.42. The zero-order valence-corrected chi connectivity index (χ0v) is 11.7. The Hall–Kier alpha value is -1.53. The van der Waals surface area contributed by atoms with Crippen molar-refractivity contribution in [2.45, 2.75) is 51.1 Å². The molecule has 1 fully saturated rings. The molecule has 0 atom stereocenters. The Morgan fingerprint density at radius 3 is 2.37 bits per heavy atom. The molecule has 0 saturated heterocycles. The first-order valence-corrected chi connectivity index (χ1v) is 7.27. The molecule has 2 N–H and O–H groups in total. The van der Waals surface area contributed by atoms with Crippen molar-refractivity contribution in [1.82, 2.24) is 0 Å². The third-order valence-electron chi connectivity index (χ3n) is 3.97. The van der Waals surface area contributed by atoms with Crippen LogP contribution in [0.5, 0.6) is 0 Å². The van der Waals surface area contributed by atoms with Gasteiger partial charge in [0, 0.05) is 24.3 Å². The monoisotopic (exact) mass is 257 g/mol. The zero-order valence-electron chi connectivity index (χ0n) is 11.7. The standard InChI is InChI=1S/C16H23N3/c1-2-11-19(16-9-5-14(18)6-10-16)15-7-3-13(12-17)4-8-15/h3-4,7-8,14,16H,2,5-6,9-11,18H2,1H3. The van der Waals surface area contributed by atoms with Crippen molar-refractivity contribution >= 4 is 5.69 Å². The van der Waals surface area contributed by atoms with E-state index in [-0.39, 0.29) is 0 Å².